The summed E-state index contributed by atoms with van der Waals surface area (Å²) in [7, 11) is 0. The Hall–Kier alpha value is -1.87. The zero-order valence-corrected chi connectivity index (χ0v) is 10.5. The Morgan fingerprint density at radius 2 is 1.78 bits per heavy atom. The molecule has 18 heavy (non-hydrogen) atoms. The number of benzene rings is 2. The molecule has 0 aliphatic heterocycles. The molecule has 2 aromatic carbocycles. The molecule has 0 atom stereocenters. The molecule has 0 aliphatic rings. The average molecular weight is 264 g/mol. The van der Waals surface area contributed by atoms with Crippen molar-refractivity contribution in [1.29, 1.82) is 0 Å². The number of nitrogens with two attached hydrogens (primary N) is 1. The first kappa shape index (κ1) is 12.6. The summed E-state index contributed by atoms with van der Waals surface area (Å²) in [6.45, 7) is 1.64. The fourth-order valence-corrected chi connectivity index (χ4v) is 1.75. The molecule has 0 aromatic heterocycles. The Morgan fingerprint density at radius 1 is 1.17 bits per heavy atom. The van der Waals surface area contributed by atoms with Crippen molar-refractivity contribution in [3.63, 3.8) is 0 Å². The van der Waals surface area contributed by atoms with Crippen LogP contribution < -0.4 is 5.73 Å². The number of anilines is 1. The molecule has 2 nitrogen and oxygen atoms in total. The topological polar surface area (TPSA) is 43.1 Å². The van der Waals surface area contributed by atoms with Crippen molar-refractivity contribution in [3.8, 4) is 0 Å². The van der Waals surface area contributed by atoms with Gasteiger partial charge in [0.15, 0.2) is 5.78 Å². The summed E-state index contributed by atoms with van der Waals surface area (Å²) in [6, 6.07) is 8.99. The van der Waals surface area contributed by atoms with E-state index in [0.29, 0.717) is 27.4 Å². The molecular formula is C14H11ClFNO. The van der Waals surface area contributed by atoms with Gasteiger partial charge in [-0.2, -0.15) is 0 Å². The minimum Gasteiger partial charge on any atom is -0.398 e. The van der Waals surface area contributed by atoms with Crippen LogP contribution in [0.4, 0.5) is 10.1 Å². The first-order valence-corrected chi connectivity index (χ1v) is 5.72. The zero-order valence-electron chi connectivity index (χ0n) is 9.71. The Morgan fingerprint density at radius 3 is 2.39 bits per heavy atom. The van der Waals surface area contributed by atoms with Crippen LogP contribution >= 0.6 is 11.6 Å². The number of rotatable bonds is 2. The van der Waals surface area contributed by atoms with E-state index in [1.807, 2.05) is 0 Å². The molecular weight excluding hydrogens is 253 g/mol. The second-order valence-corrected chi connectivity index (χ2v) is 4.44. The highest BCUT2D eigenvalue weighted by atomic mass is 35.5. The molecule has 0 aliphatic carbocycles. The number of halogens is 2. The summed E-state index contributed by atoms with van der Waals surface area (Å²) in [5.74, 6) is -0.682. The highest BCUT2D eigenvalue weighted by Gasteiger charge is 2.12. The van der Waals surface area contributed by atoms with Gasteiger partial charge in [0, 0.05) is 11.1 Å². The standard InChI is InChI=1S/C14H11ClFNO/c1-8-2-3-10(7-12(8)16)14(18)9-4-5-13(17)11(15)6-9/h2-7H,17H2,1H3. The normalized spacial score (nSPS) is 10.4. The van der Waals surface area contributed by atoms with Gasteiger partial charge in [0.1, 0.15) is 5.82 Å². The van der Waals surface area contributed by atoms with E-state index in [1.54, 1.807) is 31.2 Å². The largest absolute Gasteiger partial charge is 0.398 e. The van der Waals surface area contributed by atoms with Crippen molar-refractivity contribution < 1.29 is 9.18 Å². The summed E-state index contributed by atoms with van der Waals surface area (Å²) in [6.07, 6.45) is 0. The average Bonchev–Trinajstić information content (AvgIpc) is 2.35. The van der Waals surface area contributed by atoms with Crippen molar-refractivity contribution in [1.82, 2.24) is 0 Å². The molecule has 0 amide bonds. The lowest BCUT2D eigenvalue weighted by Gasteiger charge is -2.05. The quantitative estimate of drug-likeness (QED) is 0.664. The lowest BCUT2D eigenvalue weighted by atomic mass is 10.0. The Bertz CT molecular complexity index is 572. The molecule has 92 valence electrons. The van der Waals surface area contributed by atoms with E-state index in [0.717, 1.165) is 0 Å². The summed E-state index contributed by atoms with van der Waals surface area (Å²) < 4.78 is 13.4. The highest BCUT2D eigenvalue weighted by Crippen LogP contribution is 2.22. The van der Waals surface area contributed by atoms with Gasteiger partial charge in [0.05, 0.1) is 10.7 Å². The summed E-state index contributed by atoms with van der Waals surface area (Å²) in [5, 5.41) is 0.313. The van der Waals surface area contributed by atoms with Gasteiger partial charge < -0.3 is 5.73 Å². The van der Waals surface area contributed by atoms with E-state index >= 15 is 0 Å². The van der Waals surface area contributed by atoms with Crippen molar-refractivity contribution in [2.45, 2.75) is 6.92 Å². The Labute approximate surface area is 109 Å². The molecule has 0 bridgehead atoms. The second kappa shape index (κ2) is 4.78. The molecule has 0 saturated heterocycles. The minimum absolute atomic E-state index is 0.282. The minimum atomic E-state index is -0.401. The van der Waals surface area contributed by atoms with Gasteiger partial charge in [0.25, 0.3) is 0 Å². The maximum atomic E-state index is 13.4. The van der Waals surface area contributed by atoms with Gasteiger partial charge >= 0.3 is 0 Å². The monoisotopic (exact) mass is 263 g/mol. The predicted octanol–water partition coefficient (Wildman–Crippen LogP) is 3.60. The molecule has 0 fully saturated rings. The maximum Gasteiger partial charge on any atom is 0.193 e. The number of hydrogen-bond donors (Lipinski definition) is 1. The number of carbonyl (C=O) groups excluding carboxylic acids is 1. The zero-order chi connectivity index (χ0) is 13.3. The van der Waals surface area contributed by atoms with Crippen LogP contribution in [0.3, 0.4) is 0 Å². The van der Waals surface area contributed by atoms with Crippen molar-refractivity contribution in [2.75, 3.05) is 5.73 Å². The van der Waals surface area contributed by atoms with Crippen LogP contribution in [0.15, 0.2) is 36.4 Å². The van der Waals surface area contributed by atoms with Crippen LogP contribution in [-0.4, -0.2) is 5.78 Å². The van der Waals surface area contributed by atoms with Crippen LogP contribution in [0.5, 0.6) is 0 Å². The number of carbonyl (C=O) groups is 1. The van der Waals surface area contributed by atoms with Gasteiger partial charge in [-0.05, 0) is 36.8 Å². The van der Waals surface area contributed by atoms with Crippen LogP contribution in [0.1, 0.15) is 21.5 Å². The van der Waals surface area contributed by atoms with Gasteiger partial charge in [-0.3, -0.25) is 4.79 Å². The van der Waals surface area contributed by atoms with Gasteiger partial charge in [0.2, 0.25) is 0 Å². The highest BCUT2D eigenvalue weighted by molar-refractivity contribution is 6.33. The van der Waals surface area contributed by atoms with E-state index in [9.17, 15) is 9.18 Å². The molecule has 2 rings (SSSR count). The fraction of sp³-hybridized carbons (Fsp3) is 0.0714. The maximum absolute atomic E-state index is 13.4. The predicted molar refractivity (Wildman–Crippen MR) is 70.4 cm³/mol. The number of ketones is 1. The Balaban J connectivity index is 2.41. The molecule has 2 N–H and O–H groups in total. The van der Waals surface area contributed by atoms with E-state index in [2.05, 4.69) is 0 Å². The summed E-state index contributed by atoms with van der Waals surface area (Å²) >= 11 is 5.85. The van der Waals surface area contributed by atoms with E-state index in [4.69, 9.17) is 17.3 Å². The Kier molecular flexibility index (Phi) is 3.34. The van der Waals surface area contributed by atoms with Crippen molar-refractivity contribution in [3.05, 3.63) is 63.9 Å². The van der Waals surface area contributed by atoms with Gasteiger partial charge in [-0.25, -0.2) is 4.39 Å². The fourth-order valence-electron chi connectivity index (χ4n) is 1.57. The van der Waals surface area contributed by atoms with Crippen molar-refractivity contribution in [2.24, 2.45) is 0 Å². The van der Waals surface area contributed by atoms with Crippen molar-refractivity contribution >= 4 is 23.1 Å². The van der Waals surface area contributed by atoms with Crippen LogP contribution in [0.25, 0.3) is 0 Å². The molecule has 4 heteroatoms. The smallest absolute Gasteiger partial charge is 0.193 e. The first-order chi connectivity index (χ1) is 8.49. The van der Waals surface area contributed by atoms with E-state index in [1.165, 1.54) is 12.1 Å². The van der Waals surface area contributed by atoms with Crippen LogP contribution in [-0.2, 0) is 0 Å². The number of aryl methyl sites for hydroxylation is 1. The van der Waals surface area contributed by atoms with Gasteiger partial charge in [-0.15, -0.1) is 0 Å². The summed E-state index contributed by atoms with van der Waals surface area (Å²) in [5.41, 5.74) is 7.15. The first-order valence-electron chi connectivity index (χ1n) is 5.35. The van der Waals surface area contributed by atoms with Crippen LogP contribution in [0.2, 0.25) is 5.02 Å². The molecule has 0 spiro atoms. The second-order valence-electron chi connectivity index (χ2n) is 4.03. The lowest BCUT2D eigenvalue weighted by Crippen LogP contribution is -2.03. The van der Waals surface area contributed by atoms with Crippen LogP contribution in [0, 0.1) is 12.7 Å². The van der Waals surface area contributed by atoms with Gasteiger partial charge in [-0.1, -0.05) is 23.7 Å². The van der Waals surface area contributed by atoms with E-state index < -0.39 is 5.82 Å². The summed E-state index contributed by atoms with van der Waals surface area (Å²) in [4.78, 5) is 12.1. The third-order valence-electron chi connectivity index (χ3n) is 2.70. The molecule has 0 radical (unpaired) electrons. The lowest BCUT2D eigenvalue weighted by molar-refractivity contribution is 0.103. The molecule has 0 heterocycles. The third-order valence-corrected chi connectivity index (χ3v) is 3.02. The molecule has 0 saturated carbocycles. The SMILES string of the molecule is Cc1ccc(C(=O)c2ccc(N)c(Cl)c2)cc1F. The number of nitrogen functional groups attached to an aromatic ring is 1. The molecule has 2 aromatic rings. The molecule has 0 unspecified atom stereocenters. The third kappa shape index (κ3) is 2.36. The van der Waals surface area contributed by atoms with E-state index in [-0.39, 0.29) is 5.78 Å². The number of hydrogen-bond acceptors (Lipinski definition) is 2.